The number of benzene rings is 2. The zero-order valence-electron chi connectivity index (χ0n) is 27.4. The zero-order chi connectivity index (χ0) is 33.7. The number of carbonyl (C=O) groups excluding carboxylic acids is 2. The van der Waals surface area contributed by atoms with Gasteiger partial charge in [-0.25, -0.2) is 0 Å². The molecule has 3 aliphatic heterocycles. The van der Waals surface area contributed by atoms with Crippen LogP contribution in [-0.2, 0) is 26.5 Å². The fourth-order valence-corrected chi connectivity index (χ4v) is 10.4. The van der Waals surface area contributed by atoms with Gasteiger partial charge in [-0.2, -0.15) is 0 Å². The van der Waals surface area contributed by atoms with Gasteiger partial charge < -0.3 is 33.2 Å². The number of halogens is 1. The highest BCUT2D eigenvalue weighted by atomic mass is 28.4. The SMILES string of the molecule is COc1ccc2c(c1)[C@@]1(O[C@H](CC(=O)N3CCC[C@H]3CO)[C@@H]([Si](C)(C)F)[C@@H]1C)C(=O)N2Cc1ccc(-n2cccc(OC)c2=O)cc1. The van der Waals surface area contributed by atoms with Crippen molar-refractivity contribution in [2.24, 2.45) is 5.92 Å². The van der Waals surface area contributed by atoms with Crippen molar-refractivity contribution < 1.29 is 33.0 Å². The number of ether oxygens (including phenoxy) is 3. The van der Waals surface area contributed by atoms with E-state index in [2.05, 4.69) is 0 Å². The van der Waals surface area contributed by atoms with Crippen molar-refractivity contribution in [3.8, 4) is 17.2 Å². The Kier molecular flexibility index (Phi) is 8.79. The molecule has 6 rings (SSSR count). The molecule has 2 fully saturated rings. The Balaban J connectivity index is 1.35. The highest BCUT2D eigenvalue weighted by Crippen LogP contribution is 2.60. The Hall–Kier alpha value is -4.00. The van der Waals surface area contributed by atoms with Crippen LogP contribution < -0.4 is 19.9 Å². The van der Waals surface area contributed by atoms with Crippen molar-refractivity contribution in [3.63, 3.8) is 0 Å². The average Bonchev–Trinajstić information content (AvgIpc) is 3.71. The summed E-state index contributed by atoms with van der Waals surface area (Å²) in [7, 11) is -0.480. The topological polar surface area (TPSA) is 111 Å². The summed E-state index contributed by atoms with van der Waals surface area (Å²) in [6.07, 6.45) is 2.31. The third-order valence-corrected chi connectivity index (χ3v) is 12.6. The summed E-state index contributed by atoms with van der Waals surface area (Å²) in [6, 6.07) is 15.8. The molecule has 5 atom stereocenters. The van der Waals surface area contributed by atoms with Crippen LogP contribution in [0.4, 0.5) is 9.80 Å². The van der Waals surface area contributed by atoms with Gasteiger partial charge in [0.2, 0.25) is 14.3 Å². The van der Waals surface area contributed by atoms with Crippen LogP contribution in [0.1, 0.15) is 37.3 Å². The van der Waals surface area contributed by atoms with Crippen LogP contribution in [0.3, 0.4) is 0 Å². The van der Waals surface area contributed by atoms with Crippen LogP contribution in [0.15, 0.2) is 65.6 Å². The maximum atomic E-state index is 16.3. The highest BCUT2D eigenvalue weighted by molar-refractivity contribution is 6.72. The van der Waals surface area contributed by atoms with E-state index in [1.54, 1.807) is 60.5 Å². The molecule has 47 heavy (non-hydrogen) atoms. The molecular formula is C35H42FN3O7Si. The first kappa shape index (κ1) is 32.9. The number of amides is 2. The standard InChI is InChI=1S/C35H42FN3O7Si/c1-22-32(47(4,5)36)30(19-31(41)37-16-6-8-25(37)21-40)46-35(22)27-18-26(44-2)14-15-28(27)39(34(35)43)20-23-10-12-24(13-11-23)38-17-7-9-29(45-3)33(38)42/h7,9-15,17-18,22,25,30,32,40H,6,8,16,19-21H2,1-5H3/t22-,25-,30+,32-,35+/m0/s1. The van der Waals surface area contributed by atoms with E-state index in [0.717, 1.165) is 18.4 Å². The molecule has 250 valence electrons. The van der Waals surface area contributed by atoms with E-state index in [-0.39, 0.29) is 48.7 Å². The van der Waals surface area contributed by atoms with Crippen LogP contribution in [0.25, 0.3) is 5.69 Å². The highest BCUT2D eigenvalue weighted by Gasteiger charge is 2.67. The van der Waals surface area contributed by atoms with E-state index in [9.17, 15) is 19.5 Å². The molecule has 2 amide bonds. The van der Waals surface area contributed by atoms with Gasteiger partial charge in [0, 0.05) is 35.5 Å². The summed E-state index contributed by atoms with van der Waals surface area (Å²) in [4.78, 5) is 44.4. The predicted molar refractivity (Wildman–Crippen MR) is 177 cm³/mol. The number of methoxy groups -OCH3 is 2. The van der Waals surface area contributed by atoms with Crippen molar-refractivity contribution in [2.75, 3.05) is 32.3 Å². The van der Waals surface area contributed by atoms with Crippen molar-refractivity contribution in [2.45, 2.75) is 69.1 Å². The molecule has 2 saturated heterocycles. The number of fused-ring (bicyclic) bond motifs is 2. The lowest BCUT2D eigenvalue weighted by atomic mass is 9.82. The molecule has 1 aromatic heterocycles. The monoisotopic (exact) mass is 663 g/mol. The Labute approximate surface area is 274 Å². The van der Waals surface area contributed by atoms with Gasteiger partial charge in [-0.15, -0.1) is 0 Å². The minimum atomic E-state index is -3.48. The minimum absolute atomic E-state index is 0.0642. The lowest BCUT2D eigenvalue weighted by molar-refractivity contribution is -0.150. The molecule has 0 saturated carbocycles. The van der Waals surface area contributed by atoms with Crippen LogP contribution >= 0.6 is 0 Å². The van der Waals surface area contributed by atoms with Gasteiger partial charge in [0.15, 0.2) is 11.4 Å². The first-order valence-corrected chi connectivity index (χ1v) is 19.0. The number of hydrogen-bond acceptors (Lipinski definition) is 7. The average molecular weight is 664 g/mol. The summed E-state index contributed by atoms with van der Waals surface area (Å²) in [5.41, 5.74) is 0.270. The Morgan fingerprint density at radius 1 is 1.11 bits per heavy atom. The largest absolute Gasteiger partial charge is 0.497 e. The Morgan fingerprint density at radius 2 is 1.85 bits per heavy atom. The third-order valence-electron chi connectivity index (χ3n) is 10.1. The van der Waals surface area contributed by atoms with E-state index in [4.69, 9.17) is 14.2 Å². The summed E-state index contributed by atoms with van der Waals surface area (Å²) in [5, 5.41) is 9.83. The molecule has 1 N–H and O–H groups in total. The number of likely N-dealkylation sites (tertiary alicyclic amines) is 1. The second kappa shape index (κ2) is 12.5. The smallest absolute Gasteiger partial charge is 0.297 e. The summed E-state index contributed by atoms with van der Waals surface area (Å²) >= 11 is 0. The van der Waals surface area contributed by atoms with Crippen molar-refractivity contribution in [3.05, 3.63) is 82.3 Å². The molecular weight excluding hydrogens is 621 g/mol. The van der Waals surface area contributed by atoms with Gasteiger partial charge in [-0.1, -0.05) is 19.1 Å². The fraction of sp³-hybridized carbons (Fsp3) is 0.457. The van der Waals surface area contributed by atoms with E-state index in [1.165, 1.54) is 11.7 Å². The van der Waals surface area contributed by atoms with Gasteiger partial charge >= 0.3 is 0 Å². The lowest BCUT2D eigenvalue weighted by Gasteiger charge is -2.31. The molecule has 12 heteroatoms. The number of aliphatic hydroxyl groups excluding tert-OH is 1. The van der Waals surface area contributed by atoms with E-state index < -0.39 is 31.6 Å². The molecule has 10 nitrogen and oxygen atoms in total. The number of anilines is 1. The van der Waals surface area contributed by atoms with Crippen molar-refractivity contribution in [1.82, 2.24) is 9.47 Å². The Morgan fingerprint density at radius 3 is 2.51 bits per heavy atom. The summed E-state index contributed by atoms with van der Waals surface area (Å²) in [5.74, 6) is -0.299. The number of rotatable bonds is 9. The second-order valence-corrected chi connectivity index (χ2v) is 17.0. The van der Waals surface area contributed by atoms with Gasteiger partial charge in [0.05, 0.1) is 51.6 Å². The first-order chi connectivity index (χ1) is 22.4. The number of carbonyl (C=O) groups is 2. The van der Waals surface area contributed by atoms with Gasteiger partial charge in [-0.3, -0.25) is 19.0 Å². The zero-order valence-corrected chi connectivity index (χ0v) is 28.4. The first-order valence-electron chi connectivity index (χ1n) is 16.1. The molecule has 4 heterocycles. The van der Waals surface area contributed by atoms with E-state index in [0.29, 0.717) is 29.2 Å². The van der Waals surface area contributed by atoms with E-state index in [1.807, 2.05) is 37.3 Å². The van der Waals surface area contributed by atoms with Crippen LogP contribution in [-0.4, -0.2) is 74.3 Å². The maximum absolute atomic E-state index is 16.3. The summed E-state index contributed by atoms with van der Waals surface area (Å²) in [6.45, 7) is 5.71. The van der Waals surface area contributed by atoms with Gasteiger partial charge in [0.25, 0.3) is 11.5 Å². The van der Waals surface area contributed by atoms with Crippen molar-refractivity contribution >= 4 is 25.9 Å². The molecule has 0 aliphatic carbocycles. The number of hydrogen-bond donors (Lipinski definition) is 1. The maximum Gasteiger partial charge on any atom is 0.297 e. The second-order valence-electron chi connectivity index (χ2n) is 13.2. The predicted octanol–water partition coefficient (Wildman–Crippen LogP) is 4.55. The number of nitrogens with zero attached hydrogens (tertiary/aromatic N) is 3. The quantitative estimate of drug-likeness (QED) is 0.264. The molecule has 0 unspecified atom stereocenters. The number of pyridine rings is 1. The normalized spacial score (nSPS) is 25.5. The van der Waals surface area contributed by atoms with Crippen LogP contribution in [0.5, 0.6) is 11.5 Å². The fourth-order valence-electron chi connectivity index (χ4n) is 7.93. The van der Waals surface area contributed by atoms with Gasteiger partial charge in [-0.05, 0) is 74.0 Å². The van der Waals surface area contributed by atoms with E-state index >= 15 is 4.11 Å². The molecule has 2 aromatic carbocycles. The third kappa shape index (κ3) is 5.55. The lowest BCUT2D eigenvalue weighted by Crippen LogP contribution is -2.45. The Bertz CT molecular complexity index is 1730. The molecule has 3 aromatic rings. The minimum Gasteiger partial charge on any atom is -0.497 e. The molecule has 0 radical (unpaired) electrons. The summed E-state index contributed by atoms with van der Waals surface area (Å²) < 4.78 is 35.2. The van der Waals surface area contributed by atoms with Crippen LogP contribution in [0, 0.1) is 5.92 Å². The van der Waals surface area contributed by atoms with Gasteiger partial charge in [0.1, 0.15) is 5.75 Å². The number of aliphatic hydroxyl groups is 1. The molecule has 0 bridgehead atoms. The van der Waals surface area contributed by atoms with Crippen LogP contribution in [0.2, 0.25) is 18.6 Å². The molecule has 3 aliphatic rings. The molecule has 1 spiro atoms. The number of aromatic nitrogens is 1. The van der Waals surface area contributed by atoms with Crippen molar-refractivity contribution in [1.29, 1.82) is 0 Å².